The van der Waals surface area contributed by atoms with Crippen LogP contribution < -0.4 is 5.73 Å². The van der Waals surface area contributed by atoms with Crippen molar-refractivity contribution < 1.29 is 0 Å². The van der Waals surface area contributed by atoms with Crippen molar-refractivity contribution in [3.63, 3.8) is 0 Å². The molecule has 0 fully saturated rings. The molecule has 2 N–H and O–H groups in total. The number of nitrogen functional groups attached to an aromatic ring is 1. The number of aromatic nitrogens is 1. The van der Waals surface area contributed by atoms with Gasteiger partial charge in [0.25, 0.3) is 0 Å². The molecule has 3 nitrogen and oxygen atoms in total. The number of nitriles is 1. The van der Waals surface area contributed by atoms with Gasteiger partial charge in [0.15, 0.2) is 0 Å². The molecule has 0 aliphatic heterocycles. The summed E-state index contributed by atoms with van der Waals surface area (Å²) in [5.74, 6) is -0.182. The quantitative estimate of drug-likeness (QED) is 0.651. The number of rotatable bonds is 1. The van der Waals surface area contributed by atoms with Crippen molar-refractivity contribution in [3.05, 3.63) is 24.0 Å². The van der Waals surface area contributed by atoms with E-state index in [2.05, 4.69) is 11.1 Å². The third-order valence-electron chi connectivity index (χ3n) is 1.44. The summed E-state index contributed by atoms with van der Waals surface area (Å²) in [6, 6.07) is 5.51. The SMILES string of the molecule is CC(C#N)c1cc(N)ccn1. The topological polar surface area (TPSA) is 62.7 Å². The molecule has 1 atom stereocenters. The van der Waals surface area contributed by atoms with Crippen molar-refractivity contribution >= 4 is 5.69 Å². The van der Waals surface area contributed by atoms with Gasteiger partial charge in [0.2, 0.25) is 0 Å². The Morgan fingerprint density at radius 3 is 3.00 bits per heavy atom. The monoisotopic (exact) mass is 147 g/mol. The third kappa shape index (κ3) is 1.68. The van der Waals surface area contributed by atoms with Gasteiger partial charge < -0.3 is 5.73 Å². The Morgan fingerprint density at radius 2 is 2.45 bits per heavy atom. The maximum atomic E-state index is 8.55. The van der Waals surface area contributed by atoms with Crippen LogP contribution in [0, 0.1) is 11.3 Å². The Hall–Kier alpha value is -1.56. The van der Waals surface area contributed by atoms with Crippen molar-refractivity contribution in [2.45, 2.75) is 12.8 Å². The predicted octanol–water partition coefficient (Wildman–Crippen LogP) is 1.29. The molecule has 0 aromatic carbocycles. The van der Waals surface area contributed by atoms with Crippen molar-refractivity contribution in [2.75, 3.05) is 5.73 Å². The highest BCUT2D eigenvalue weighted by Gasteiger charge is 2.03. The van der Waals surface area contributed by atoms with Gasteiger partial charge >= 0.3 is 0 Å². The van der Waals surface area contributed by atoms with Gasteiger partial charge in [-0.25, -0.2) is 0 Å². The molecule has 0 saturated carbocycles. The highest BCUT2D eigenvalue weighted by molar-refractivity contribution is 5.38. The van der Waals surface area contributed by atoms with Crippen molar-refractivity contribution in [1.29, 1.82) is 5.26 Å². The fourth-order valence-corrected chi connectivity index (χ4v) is 0.768. The maximum absolute atomic E-state index is 8.55. The highest BCUT2D eigenvalue weighted by Crippen LogP contribution is 2.12. The molecule has 0 radical (unpaired) electrons. The lowest BCUT2D eigenvalue weighted by Gasteiger charge is -2.00. The average Bonchev–Trinajstić information content (AvgIpc) is 2.03. The molecule has 0 aliphatic rings. The largest absolute Gasteiger partial charge is 0.399 e. The lowest BCUT2D eigenvalue weighted by atomic mass is 10.1. The summed E-state index contributed by atoms with van der Waals surface area (Å²) in [6.07, 6.45) is 1.61. The summed E-state index contributed by atoms with van der Waals surface area (Å²) in [5.41, 5.74) is 6.88. The maximum Gasteiger partial charge on any atom is 0.0857 e. The fraction of sp³-hybridized carbons (Fsp3) is 0.250. The summed E-state index contributed by atoms with van der Waals surface area (Å²) in [7, 11) is 0. The van der Waals surface area contributed by atoms with E-state index in [9.17, 15) is 0 Å². The van der Waals surface area contributed by atoms with Crippen LogP contribution in [0.1, 0.15) is 18.5 Å². The molecule has 1 heterocycles. The number of nitrogens with zero attached hydrogens (tertiary/aromatic N) is 2. The minimum atomic E-state index is -0.182. The van der Waals surface area contributed by atoms with Crippen LogP contribution in [0.2, 0.25) is 0 Å². The van der Waals surface area contributed by atoms with E-state index >= 15 is 0 Å². The third-order valence-corrected chi connectivity index (χ3v) is 1.44. The molecular formula is C8H9N3. The highest BCUT2D eigenvalue weighted by atomic mass is 14.7. The van der Waals surface area contributed by atoms with Gasteiger partial charge in [0.1, 0.15) is 0 Å². The Balaban J connectivity index is 2.98. The molecule has 56 valence electrons. The van der Waals surface area contributed by atoms with E-state index in [4.69, 9.17) is 11.0 Å². The standard InChI is InChI=1S/C8H9N3/c1-6(5-9)8-4-7(10)2-3-11-8/h2-4,6H,1H3,(H2,10,11). The summed E-state index contributed by atoms with van der Waals surface area (Å²) in [6.45, 7) is 1.79. The van der Waals surface area contributed by atoms with Gasteiger partial charge in [-0.2, -0.15) is 5.26 Å². The second-order valence-corrected chi connectivity index (χ2v) is 2.36. The molecule has 1 aromatic heterocycles. The number of anilines is 1. The van der Waals surface area contributed by atoms with E-state index in [-0.39, 0.29) is 5.92 Å². The van der Waals surface area contributed by atoms with Gasteiger partial charge in [0, 0.05) is 11.9 Å². The van der Waals surface area contributed by atoms with Gasteiger partial charge in [-0.1, -0.05) is 0 Å². The van der Waals surface area contributed by atoms with Crippen molar-refractivity contribution in [1.82, 2.24) is 4.98 Å². The van der Waals surface area contributed by atoms with Crippen LogP contribution in [-0.4, -0.2) is 4.98 Å². The Morgan fingerprint density at radius 1 is 1.73 bits per heavy atom. The molecule has 0 aliphatic carbocycles. The van der Waals surface area contributed by atoms with Gasteiger partial charge in [-0.3, -0.25) is 4.98 Å². The van der Waals surface area contributed by atoms with Crippen LogP contribution in [0.25, 0.3) is 0 Å². The van der Waals surface area contributed by atoms with E-state index < -0.39 is 0 Å². The molecular weight excluding hydrogens is 138 g/mol. The first-order valence-corrected chi connectivity index (χ1v) is 3.35. The van der Waals surface area contributed by atoms with Crippen LogP contribution in [0.15, 0.2) is 18.3 Å². The van der Waals surface area contributed by atoms with Crippen LogP contribution in [0.4, 0.5) is 5.69 Å². The molecule has 1 rings (SSSR count). The average molecular weight is 147 g/mol. The predicted molar refractivity (Wildman–Crippen MR) is 42.7 cm³/mol. The van der Waals surface area contributed by atoms with Crippen LogP contribution in [0.3, 0.4) is 0 Å². The molecule has 11 heavy (non-hydrogen) atoms. The first kappa shape index (κ1) is 7.55. The van der Waals surface area contributed by atoms with Crippen LogP contribution in [0.5, 0.6) is 0 Å². The first-order chi connectivity index (χ1) is 5.24. The summed E-state index contributed by atoms with van der Waals surface area (Å²) in [4.78, 5) is 4.01. The fourth-order valence-electron chi connectivity index (χ4n) is 0.768. The van der Waals surface area contributed by atoms with E-state index in [0.29, 0.717) is 5.69 Å². The van der Waals surface area contributed by atoms with E-state index in [1.165, 1.54) is 0 Å². The van der Waals surface area contributed by atoms with E-state index in [1.54, 1.807) is 25.3 Å². The Bertz CT molecular complexity index is 288. The van der Waals surface area contributed by atoms with E-state index in [0.717, 1.165) is 5.69 Å². The Labute approximate surface area is 65.5 Å². The lowest BCUT2D eigenvalue weighted by Crippen LogP contribution is -1.95. The summed E-state index contributed by atoms with van der Waals surface area (Å²) < 4.78 is 0. The number of nitrogens with two attached hydrogens (primary N) is 1. The number of hydrogen-bond acceptors (Lipinski definition) is 3. The molecule has 0 amide bonds. The lowest BCUT2D eigenvalue weighted by molar-refractivity contribution is 0.921. The van der Waals surface area contributed by atoms with Crippen LogP contribution in [-0.2, 0) is 0 Å². The summed E-state index contributed by atoms with van der Waals surface area (Å²) in [5, 5.41) is 8.55. The molecule has 3 heteroatoms. The minimum absolute atomic E-state index is 0.182. The van der Waals surface area contributed by atoms with Gasteiger partial charge in [-0.15, -0.1) is 0 Å². The van der Waals surface area contributed by atoms with Crippen LogP contribution >= 0.6 is 0 Å². The second-order valence-electron chi connectivity index (χ2n) is 2.36. The molecule has 1 unspecified atom stereocenters. The zero-order valence-electron chi connectivity index (χ0n) is 6.28. The van der Waals surface area contributed by atoms with Gasteiger partial charge in [0.05, 0.1) is 17.7 Å². The minimum Gasteiger partial charge on any atom is -0.399 e. The smallest absolute Gasteiger partial charge is 0.0857 e. The van der Waals surface area contributed by atoms with Crippen molar-refractivity contribution in [2.24, 2.45) is 0 Å². The molecule has 0 bridgehead atoms. The summed E-state index contributed by atoms with van der Waals surface area (Å²) >= 11 is 0. The molecule has 0 spiro atoms. The number of pyridine rings is 1. The molecule has 0 saturated heterocycles. The Kier molecular flexibility index (Phi) is 2.07. The second kappa shape index (κ2) is 3.02. The first-order valence-electron chi connectivity index (χ1n) is 3.35. The zero-order chi connectivity index (χ0) is 8.27. The van der Waals surface area contributed by atoms with Crippen molar-refractivity contribution in [3.8, 4) is 6.07 Å². The normalized spacial score (nSPS) is 12.0. The zero-order valence-corrected chi connectivity index (χ0v) is 6.28. The number of hydrogen-bond donors (Lipinski definition) is 1. The molecule has 1 aromatic rings. The van der Waals surface area contributed by atoms with Gasteiger partial charge in [-0.05, 0) is 19.1 Å². The van der Waals surface area contributed by atoms with E-state index in [1.807, 2.05) is 0 Å².